The molecule has 7 heteroatoms. The lowest BCUT2D eigenvalue weighted by molar-refractivity contribution is 0.477. The van der Waals surface area contributed by atoms with Gasteiger partial charge in [0.05, 0.1) is 5.69 Å². The predicted octanol–water partition coefficient (Wildman–Crippen LogP) is 3.28. The maximum Gasteiger partial charge on any atom is 0.125 e. The second-order valence-corrected chi connectivity index (χ2v) is 2.05. The van der Waals surface area contributed by atoms with E-state index in [-0.39, 0.29) is 17.1 Å². The van der Waals surface area contributed by atoms with Crippen LogP contribution in [0.1, 0.15) is 0 Å². The van der Waals surface area contributed by atoms with Gasteiger partial charge in [0.1, 0.15) is 5.75 Å². The van der Waals surface area contributed by atoms with E-state index in [0.717, 1.165) is 0 Å². The summed E-state index contributed by atoms with van der Waals surface area (Å²) in [6.07, 6.45) is 0. The second kappa shape index (κ2) is 3.87. The van der Waals surface area contributed by atoms with Crippen LogP contribution < -0.4 is 0 Å². The highest BCUT2D eigenvalue weighted by atomic mass is 16.3. The molecular formula is C6H4N6O. The average molecular weight is 176 g/mol. The van der Waals surface area contributed by atoms with Crippen LogP contribution in [0.4, 0.5) is 11.4 Å². The summed E-state index contributed by atoms with van der Waals surface area (Å²) in [4.78, 5) is 5.04. The Morgan fingerprint density at radius 2 is 1.85 bits per heavy atom. The molecule has 0 amide bonds. The van der Waals surface area contributed by atoms with Gasteiger partial charge < -0.3 is 5.11 Å². The summed E-state index contributed by atoms with van der Waals surface area (Å²) in [5.41, 5.74) is 16.5. The fourth-order valence-electron chi connectivity index (χ4n) is 0.754. The van der Waals surface area contributed by atoms with Crippen LogP contribution in [0.5, 0.6) is 5.75 Å². The van der Waals surface area contributed by atoms with E-state index in [1.165, 1.54) is 18.2 Å². The van der Waals surface area contributed by atoms with Crippen molar-refractivity contribution in [1.82, 2.24) is 0 Å². The maximum atomic E-state index is 9.13. The van der Waals surface area contributed by atoms with Crippen molar-refractivity contribution in [3.8, 4) is 5.75 Å². The number of azide groups is 2. The number of phenolic OH excluding ortho intramolecular Hbond substituents is 1. The maximum absolute atomic E-state index is 9.13. The Bertz CT molecular complexity index is 415. The van der Waals surface area contributed by atoms with Crippen molar-refractivity contribution < 1.29 is 5.11 Å². The van der Waals surface area contributed by atoms with E-state index in [4.69, 9.17) is 16.2 Å². The van der Waals surface area contributed by atoms with Crippen LogP contribution in [-0.4, -0.2) is 5.11 Å². The summed E-state index contributed by atoms with van der Waals surface area (Å²) >= 11 is 0. The first-order valence-electron chi connectivity index (χ1n) is 3.21. The third-order valence-corrected chi connectivity index (χ3v) is 1.27. The van der Waals surface area contributed by atoms with Gasteiger partial charge in [-0.05, 0) is 29.3 Å². The van der Waals surface area contributed by atoms with E-state index in [0.29, 0.717) is 0 Å². The minimum absolute atomic E-state index is 0.0346. The van der Waals surface area contributed by atoms with E-state index in [1.54, 1.807) is 0 Å². The summed E-state index contributed by atoms with van der Waals surface area (Å²) < 4.78 is 0. The van der Waals surface area contributed by atoms with Gasteiger partial charge in [0.2, 0.25) is 0 Å². The van der Waals surface area contributed by atoms with E-state index < -0.39 is 0 Å². The Kier molecular flexibility index (Phi) is 2.60. The number of hydrogen-bond donors (Lipinski definition) is 1. The molecule has 0 fully saturated rings. The third kappa shape index (κ3) is 2.03. The van der Waals surface area contributed by atoms with Crippen molar-refractivity contribution in [2.75, 3.05) is 0 Å². The molecule has 1 aromatic rings. The molecular weight excluding hydrogens is 172 g/mol. The highest BCUT2D eigenvalue weighted by molar-refractivity contribution is 5.58. The minimum atomic E-state index is -0.158. The summed E-state index contributed by atoms with van der Waals surface area (Å²) in [5.74, 6) is -0.158. The molecule has 64 valence electrons. The molecule has 1 aromatic carbocycles. The van der Waals surface area contributed by atoms with Gasteiger partial charge >= 0.3 is 0 Å². The molecule has 0 spiro atoms. The molecule has 1 rings (SSSR count). The smallest absolute Gasteiger partial charge is 0.125 e. The van der Waals surface area contributed by atoms with Crippen LogP contribution in [0.15, 0.2) is 28.4 Å². The van der Waals surface area contributed by atoms with Gasteiger partial charge in [-0.25, -0.2) is 0 Å². The topological polar surface area (TPSA) is 118 Å². The van der Waals surface area contributed by atoms with Crippen LogP contribution in [0.2, 0.25) is 0 Å². The quantitative estimate of drug-likeness (QED) is 0.415. The molecule has 13 heavy (non-hydrogen) atoms. The van der Waals surface area contributed by atoms with Gasteiger partial charge in [-0.1, -0.05) is 10.2 Å². The first-order valence-corrected chi connectivity index (χ1v) is 3.21. The molecule has 0 saturated heterocycles. The van der Waals surface area contributed by atoms with Crippen LogP contribution in [0, 0.1) is 0 Å². The van der Waals surface area contributed by atoms with Crippen LogP contribution in [0.25, 0.3) is 20.9 Å². The lowest BCUT2D eigenvalue weighted by Gasteiger charge is -1.97. The molecule has 0 unspecified atom stereocenters. The zero-order chi connectivity index (χ0) is 9.68. The molecule has 0 saturated carbocycles. The zero-order valence-electron chi connectivity index (χ0n) is 6.36. The normalized spacial score (nSPS) is 8.31. The second-order valence-electron chi connectivity index (χ2n) is 2.05. The molecule has 0 aliphatic carbocycles. The molecule has 0 aliphatic heterocycles. The van der Waals surface area contributed by atoms with Crippen molar-refractivity contribution >= 4 is 11.4 Å². The van der Waals surface area contributed by atoms with Crippen LogP contribution in [0.3, 0.4) is 0 Å². The lowest BCUT2D eigenvalue weighted by Crippen LogP contribution is -1.66. The third-order valence-electron chi connectivity index (χ3n) is 1.27. The van der Waals surface area contributed by atoms with Crippen molar-refractivity contribution in [1.29, 1.82) is 0 Å². The number of hydrogen-bond acceptors (Lipinski definition) is 3. The zero-order valence-corrected chi connectivity index (χ0v) is 6.36. The Hall–Kier alpha value is -2.36. The molecule has 0 radical (unpaired) electrons. The van der Waals surface area contributed by atoms with Crippen molar-refractivity contribution in [3.63, 3.8) is 0 Å². The largest absolute Gasteiger partial charge is 0.507 e. The van der Waals surface area contributed by atoms with Crippen LogP contribution in [-0.2, 0) is 0 Å². The van der Waals surface area contributed by atoms with E-state index >= 15 is 0 Å². The van der Waals surface area contributed by atoms with E-state index in [2.05, 4.69) is 20.1 Å². The fourth-order valence-corrected chi connectivity index (χ4v) is 0.754. The summed E-state index contributed by atoms with van der Waals surface area (Å²) in [7, 11) is 0. The van der Waals surface area contributed by atoms with E-state index in [1.807, 2.05) is 0 Å². The Morgan fingerprint density at radius 3 is 2.46 bits per heavy atom. The van der Waals surface area contributed by atoms with E-state index in [9.17, 15) is 0 Å². The summed E-state index contributed by atoms with van der Waals surface area (Å²) in [6.45, 7) is 0. The van der Waals surface area contributed by atoms with Crippen molar-refractivity contribution in [3.05, 3.63) is 39.1 Å². The predicted molar refractivity (Wildman–Crippen MR) is 45.7 cm³/mol. The van der Waals surface area contributed by atoms with Gasteiger partial charge in [-0.15, -0.1) is 0 Å². The van der Waals surface area contributed by atoms with Gasteiger partial charge in [0.25, 0.3) is 0 Å². The Balaban J connectivity index is 3.25. The SMILES string of the molecule is [N-]=[N+]=Nc1ccc(O)c(N=[N+]=[N-])c1. The lowest BCUT2D eigenvalue weighted by atomic mass is 10.2. The number of phenols is 1. The molecule has 0 aliphatic rings. The van der Waals surface area contributed by atoms with Crippen LogP contribution >= 0.6 is 0 Å². The molecule has 7 nitrogen and oxygen atoms in total. The molecule has 0 bridgehead atoms. The number of nitrogens with zero attached hydrogens (tertiary/aromatic N) is 6. The number of benzene rings is 1. The van der Waals surface area contributed by atoms with Gasteiger partial charge in [-0.3, -0.25) is 0 Å². The Labute approximate surface area is 72.5 Å². The summed E-state index contributed by atoms with van der Waals surface area (Å²) in [5, 5.41) is 15.6. The fraction of sp³-hybridized carbons (Fsp3) is 0. The highest BCUT2D eigenvalue weighted by Gasteiger charge is 1.98. The summed E-state index contributed by atoms with van der Waals surface area (Å²) in [6, 6.07) is 3.98. The Morgan fingerprint density at radius 1 is 1.15 bits per heavy atom. The minimum Gasteiger partial charge on any atom is -0.507 e. The standard InChI is InChI=1S/C6H4N6O/c7-11-9-4-1-2-6(13)5(3-4)10-12-8/h1-3,13H. The van der Waals surface area contributed by atoms with Gasteiger partial charge in [-0.2, -0.15) is 0 Å². The van der Waals surface area contributed by atoms with Gasteiger partial charge in [0.15, 0.2) is 0 Å². The first kappa shape index (κ1) is 8.73. The van der Waals surface area contributed by atoms with Crippen molar-refractivity contribution in [2.45, 2.75) is 0 Å². The average Bonchev–Trinajstić information content (AvgIpc) is 2.12. The molecule has 1 N–H and O–H groups in total. The monoisotopic (exact) mass is 176 g/mol. The molecule has 0 heterocycles. The van der Waals surface area contributed by atoms with Gasteiger partial charge in [0, 0.05) is 15.5 Å². The number of aromatic hydroxyl groups is 1. The number of rotatable bonds is 2. The molecule has 0 aromatic heterocycles. The highest BCUT2D eigenvalue weighted by Crippen LogP contribution is 2.30. The molecule has 0 atom stereocenters. The van der Waals surface area contributed by atoms with Crippen molar-refractivity contribution in [2.24, 2.45) is 10.2 Å². The first-order chi connectivity index (χ1) is 6.27.